The largest absolute Gasteiger partial charge is 0.338 e. The van der Waals surface area contributed by atoms with Crippen molar-refractivity contribution < 1.29 is 14.4 Å². The average Bonchev–Trinajstić information content (AvgIpc) is 2.72. The summed E-state index contributed by atoms with van der Waals surface area (Å²) >= 11 is 1.64. The molecule has 0 aliphatic carbocycles. The van der Waals surface area contributed by atoms with Crippen molar-refractivity contribution in [1.82, 2.24) is 4.90 Å². The molecule has 2 aromatic carbocycles. The first-order valence-electron chi connectivity index (χ1n) is 9.08. The van der Waals surface area contributed by atoms with Gasteiger partial charge in [0.25, 0.3) is 5.91 Å². The van der Waals surface area contributed by atoms with E-state index in [1.165, 1.54) is 6.92 Å². The lowest BCUT2D eigenvalue weighted by atomic mass is 9.89. The van der Waals surface area contributed by atoms with Gasteiger partial charge in [-0.2, -0.15) is 0 Å². The molecule has 0 spiro atoms. The Morgan fingerprint density at radius 2 is 1.67 bits per heavy atom. The van der Waals surface area contributed by atoms with E-state index in [1.54, 1.807) is 40.9 Å². The van der Waals surface area contributed by atoms with Crippen LogP contribution in [0.4, 0.5) is 0 Å². The van der Waals surface area contributed by atoms with Crippen LogP contribution in [-0.4, -0.2) is 41.7 Å². The molecular weight excluding hydrogens is 358 g/mol. The summed E-state index contributed by atoms with van der Waals surface area (Å²) in [5, 5.41) is 0. The Labute approximate surface area is 163 Å². The van der Waals surface area contributed by atoms with E-state index in [0.717, 1.165) is 17.7 Å². The molecule has 0 unspecified atom stereocenters. The van der Waals surface area contributed by atoms with Crippen molar-refractivity contribution >= 4 is 29.2 Å². The number of piperidine rings is 1. The highest BCUT2D eigenvalue weighted by molar-refractivity contribution is 7.98. The first-order valence-corrected chi connectivity index (χ1v) is 10.3. The highest BCUT2D eigenvalue weighted by atomic mass is 32.2. The minimum atomic E-state index is -0.202. The smallest absolute Gasteiger partial charge is 0.254 e. The molecule has 1 aliphatic rings. The summed E-state index contributed by atoms with van der Waals surface area (Å²) in [6, 6.07) is 14.5. The first-order chi connectivity index (χ1) is 13.0. The summed E-state index contributed by atoms with van der Waals surface area (Å²) in [6.45, 7) is 2.47. The van der Waals surface area contributed by atoms with Crippen LogP contribution in [0.2, 0.25) is 0 Å². The van der Waals surface area contributed by atoms with Gasteiger partial charge in [0.15, 0.2) is 11.6 Å². The summed E-state index contributed by atoms with van der Waals surface area (Å²) in [5.74, 6) is -0.416. The number of amides is 1. The van der Waals surface area contributed by atoms with Crippen molar-refractivity contribution in [3.63, 3.8) is 0 Å². The molecule has 1 aliphatic heterocycles. The van der Waals surface area contributed by atoms with Crippen molar-refractivity contribution in [2.75, 3.05) is 19.3 Å². The topological polar surface area (TPSA) is 54.5 Å². The quantitative estimate of drug-likeness (QED) is 0.571. The number of carbonyl (C=O) groups is 3. The maximum Gasteiger partial charge on any atom is 0.254 e. The zero-order valence-electron chi connectivity index (χ0n) is 15.6. The maximum atomic E-state index is 13.0. The lowest BCUT2D eigenvalue weighted by Crippen LogP contribution is -2.42. The Morgan fingerprint density at radius 3 is 2.30 bits per heavy atom. The molecular formula is C22H23NO3S. The fourth-order valence-electron chi connectivity index (χ4n) is 3.51. The van der Waals surface area contributed by atoms with E-state index < -0.39 is 0 Å². The molecule has 0 saturated carbocycles. The Bertz CT molecular complexity index is 860. The number of nitrogens with zero attached hydrogens (tertiary/aromatic N) is 1. The first kappa shape index (κ1) is 19.4. The molecule has 0 aromatic heterocycles. The fraction of sp³-hybridized carbons (Fsp3) is 0.318. The second kappa shape index (κ2) is 8.53. The minimum Gasteiger partial charge on any atom is -0.338 e. The standard InChI is InChI=1S/C22H23NO3S/c1-15(24)19-7-3-4-8-20(19)22(26)23-13-5-6-17(14-23)21(25)16-9-11-18(27-2)12-10-16/h3-4,7-12,17H,5-6,13-14H2,1-2H3/t17-/m0/s1. The lowest BCUT2D eigenvalue weighted by Gasteiger charge is -2.32. The van der Waals surface area contributed by atoms with Crippen LogP contribution in [0, 0.1) is 5.92 Å². The predicted octanol–water partition coefficient (Wildman–Crippen LogP) is 4.35. The summed E-state index contributed by atoms with van der Waals surface area (Å²) in [6.07, 6.45) is 3.56. The molecule has 1 saturated heterocycles. The van der Waals surface area contributed by atoms with Gasteiger partial charge in [0, 0.05) is 35.0 Å². The van der Waals surface area contributed by atoms with Crippen molar-refractivity contribution in [1.29, 1.82) is 0 Å². The van der Waals surface area contributed by atoms with E-state index in [9.17, 15) is 14.4 Å². The van der Waals surface area contributed by atoms with E-state index in [2.05, 4.69) is 0 Å². The van der Waals surface area contributed by atoms with Crippen LogP contribution in [0.3, 0.4) is 0 Å². The molecule has 140 valence electrons. The normalized spacial score (nSPS) is 16.8. The van der Waals surface area contributed by atoms with Gasteiger partial charge >= 0.3 is 0 Å². The van der Waals surface area contributed by atoms with E-state index in [0.29, 0.717) is 29.8 Å². The Balaban J connectivity index is 1.76. The molecule has 2 aromatic rings. The molecule has 1 atom stereocenters. The second-order valence-electron chi connectivity index (χ2n) is 6.78. The van der Waals surface area contributed by atoms with Crippen LogP contribution in [0.15, 0.2) is 53.4 Å². The molecule has 0 bridgehead atoms. The Morgan fingerprint density at radius 1 is 1.00 bits per heavy atom. The number of hydrogen-bond donors (Lipinski definition) is 0. The van der Waals surface area contributed by atoms with Gasteiger partial charge in [0.05, 0.1) is 5.56 Å². The van der Waals surface area contributed by atoms with Gasteiger partial charge in [-0.25, -0.2) is 0 Å². The highest BCUT2D eigenvalue weighted by Crippen LogP contribution is 2.24. The summed E-state index contributed by atoms with van der Waals surface area (Å²) < 4.78 is 0. The molecule has 0 N–H and O–H groups in total. The summed E-state index contributed by atoms with van der Waals surface area (Å²) in [4.78, 5) is 40.5. The fourth-order valence-corrected chi connectivity index (χ4v) is 3.92. The van der Waals surface area contributed by atoms with Gasteiger partial charge < -0.3 is 4.90 Å². The highest BCUT2D eigenvalue weighted by Gasteiger charge is 2.30. The molecule has 3 rings (SSSR count). The third-order valence-corrected chi connectivity index (χ3v) is 5.73. The molecule has 1 heterocycles. The SMILES string of the molecule is CSc1ccc(C(=O)[C@H]2CCCN(C(=O)c3ccccc3C(C)=O)C2)cc1. The van der Waals surface area contributed by atoms with Gasteiger partial charge in [-0.3, -0.25) is 14.4 Å². The molecule has 5 heteroatoms. The third kappa shape index (κ3) is 4.30. The van der Waals surface area contributed by atoms with Crippen LogP contribution in [0.1, 0.15) is 50.8 Å². The third-order valence-electron chi connectivity index (χ3n) is 4.99. The summed E-state index contributed by atoms with van der Waals surface area (Å²) in [5.41, 5.74) is 1.54. The van der Waals surface area contributed by atoms with Gasteiger partial charge in [-0.05, 0) is 44.2 Å². The number of Topliss-reactive ketones (excluding diaryl/α,β-unsaturated/α-hetero) is 2. The number of benzene rings is 2. The van der Waals surface area contributed by atoms with Crippen molar-refractivity contribution in [3.8, 4) is 0 Å². The van der Waals surface area contributed by atoms with Crippen LogP contribution < -0.4 is 0 Å². The van der Waals surface area contributed by atoms with Crippen LogP contribution in [0.25, 0.3) is 0 Å². The Kier molecular flexibility index (Phi) is 6.11. The predicted molar refractivity (Wildman–Crippen MR) is 108 cm³/mol. The number of thioether (sulfide) groups is 1. The van der Waals surface area contributed by atoms with Crippen LogP contribution in [0.5, 0.6) is 0 Å². The number of ketones is 2. The Hall–Kier alpha value is -2.40. The van der Waals surface area contributed by atoms with E-state index >= 15 is 0 Å². The average molecular weight is 381 g/mol. The minimum absolute atomic E-state index is 0.0833. The van der Waals surface area contributed by atoms with Crippen LogP contribution >= 0.6 is 11.8 Å². The van der Waals surface area contributed by atoms with Gasteiger partial charge in [-0.15, -0.1) is 11.8 Å². The van der Waals surface area contributed by atoms with Gasteiger partial charge in [0.1, 0.15) is 0 Å². The number of likely N-dealkylation sites (tertiary alicyclic amines) is 1. The van der Waals surface area contributed by atoms with Crippen LogP contribution in [-0.2, 0) is 0 Å². The molecule has 1 fully saturated rings. The molecule has 27 heavy (non-hydrogen) atoms. The number of carbonyl (C=O) groups excluding carboxylic acids is 3. The summed E-state index contributed by atoms with van der Waals surface area (Å²) in [7, 11) is 0. The zero-order chi connectivity index (χ0) is 19.4. The van der Waals surface area contributed by atoms with Crippen molar-refractivity contribution in [3.05, 3.63) is 65.2 Å². The lowest BCUT2D eigenvalue weighted by molar-refractivity contribution is 0.0633. The van der Waals surface area contributed by atoms with E-state index in [1.807, 2.05) is 30.5 Å². The maximum absolute atomic E-state index is 13.0. The van der Waals surface area contributed by atoms with Crippen molar-refractivity contribution in [2.24, 2.45) is 5.92 Å². The van der Waals surface area contributed by atoms with Gasteiger partial charge in [0.2, 0.25) is 0 Å². The molecule has 1 amide bonds. The molecule has 4 nitrogen and oxygen atoms in total. The van der Waals surface area contributed by atoms with E-state index in [-0.39, 0.29) is 23.4 Å². The van der Waals surface area contributed by atoms with Gasteiger partial charge in [-0.1, -0.05) is 30.3 Å². The zero-order valence-corrected chi connectivity index (χ0v) is 16.4. The van der Waals surface area contributed by atoms with Crippen molar-refractivity contribution in [2.45, 2.75) is 24.7 Å². The monoisotopic (exact) mass is 381 g/mol. The van der Waals surface area contributed by atoms with E-state index in [4.69, 9.17) is 0 Å². The number of hydrogen-bond acceptors (Lipinski definition) is 4. The molecule has 0 radical (unpaired) electrons. The second-order valence-corrected chi connectivity index (χ2v) is 7.66. The number of rotatable bonds is 5.